The maximum absolute atomic E-state index is 12.4. The Morgan fingerprint density at radius 1 is 1.37 bits per heavy atom. The molecule has 2 aliphatic rings. The van der Waals surface area contributed by atoms with E-state index in [0.717, 1.165) is 48.1 Å². The number of fused-ring (bicyclic) bond motifs is 1. The molecular weight excluding hydrogens is 362 g/mol. The second kappa shape index (κ2) is 7.44. The highest BCUT2D eigenvalue weighted by molar-refractivity contribution is 7.14. The second-order valence-electron chi connectivity index (χ2n) is 7.84. The zero-order valence-corrected chi connectivity index (χ0v) is 16.5. The van der Waals surface area contributed by atoms with E-state index in [1.807, 2.05) is 23.7 Å². The third-order valence-electron chi connectivity index (χ3n) is 5.02. The van der Waals surface area contributed by atoms with Crippen molar-refractivity contribution in [2.24, 2.45) is 5.41 Å². The molecule has 0 unspecified atom stereocenters. The van der Waals surface area contributed by atoms with Gasteiger partial charge in [0.05, 0.1) is 30.0 Å². The van der Waals surface area contributed by atoms with Gasteiger partial charge in [-0.3, -0.25) is 5.32 Å². The Hall–Kier alpha value is -2.19. The number of carbonyl (C=O) groups excluding carboxylic acids is 1. The summed E-state index contributed by atoms with van der Waals surface area (Å²) in [5, 5.41) is 8.78. The number of carbonyl (C=O) groups is 1. The molecule has 1 atom stereocenters. The molecule has 4 rings (SSSR count). The van der Waals surface area contributed by atoms with Crippen molar-refractivity contribution >= 4 is 28.3 Å². The minimum absolute atomic E-state index is 0.0600. The number of urea groups is 1. The van der Waals surface area contributed by atoms with Crippen LogP contribution in [0.15, 0.2) is 23.7 Å². The van der Waals surface area contributed by atoms with Crippen molar-refractivity contribution in [1.29, 1.82) is 0 Å². The second-order valence-corrected chi connectivity index (χ2v) is 8.79. The van der Waals surface area contributed by atoms with Gasteiger partial charge in [0.1, 0.15) is 0 Å². The molecule has 1 fully saturated rings. The molecule has 1 saturated heterocycles. The first-order valence-electron chi connectivity index (χ1n) is 9.30. The van der Waals surface area contributed by atoms with Gasteiger partial charge in [-0.2, -0.15) is 0 Å². The summed E-state index contributed by atoms with van der Waals surface area (Å²) in [6.07, 6.45) is 3.63. The van der Waals surface area contributed by atoms with Crippen molar-refractivity contribution in [2.75, 3.05) is 36.5 Å². The molecule has 0 aromatic carbocycles. The maximum atomic E-state index is 12.4. The van der Waals surface area contributed by atoms with Crippen LogP contribution in [0.4, 0.5) is 15.7 Å². The number of rotatable bonds is 3. The van der Waals surface area contributed by atoms with E-state index < -0.39 is 0 Å². The van der Waals surface area contributed by atoms with E-state index in [1.54, 1.807) is 0 Å². The molecule has 27 heavy (non-hydrogen) atoms. The Morgan fingerprint density at radius 3 is 2.93 bits per heavy atom. The number of ether oxygens (including phenoxy) is 1. The molecule has 2 N–H and O–H groups in total. The van der Waals surface area contributed by atoms with E-state index in [1.165, 1.54) is 11.3 Å². The summed E-state index contributed by atoms with van der Waals surface area (Å²) in [6, 6.07) is 3.52. The van der Waals surface area contributed by atoms with E-state index in [4.69, 9.17) is 9.72 Å². The van der Waals surface area contributed by atoms with Crippen LogP contribution in [0.1, 0.15) is 37.6 Å². The smallest absolute Gasteiger partial charge is 0.320 e. The number of nitrogens with one attached hydrogen (secondary N) is 2. The molecule has 144 valence electrons. The molecule has 0 bridgehead atoms. The summed E-state index contributed by atoms with van der Waals surface area (Å²) in [6.45, 7) is 7.48. The molecule has 2 amide bonds. The molecule has 8 heteroatoms. The summed E-state index contributed by atoms with van der Waals surface area (Å²) in [5.41, 5.74) is 2.11. The highest BCUT2D eigenvalue weighted by atomic mass is 32.1. The van der Waals surface area contributed by atoms with E-state index in [9.17, 15) is 4.79 Å². The monoisotopic (exact) mass is 387 g/mol. The first-order chi connectivity index (χ1) is 13.0. The van der Waals surface area contributed by atoms with Gasteiger partial charge in [0.25, 0.3) is 0 Å². The van der Waals surface area contributed by atoms with Gasteiger partial charge in [-0.1, -0.05) is 13.8 Å². The first kappa shape index (κ1) is 18.2. The molecule has 0 spiro atoms. The fraction of sp³-hybridized carbons (Fsp3) is 0.526. The Labute approximate surface area is 163 Å². The predicted octanol–water partition coefficient (Wildman–Crippen LogP) is 3.21. The number of amides is 2. The summed E-state index contributed by atoms with van der Waals surface area (Å²) in [4.78, 5) is 24.0. The van der Waals surface area contributed by atoms with Crippen molar-refractivity contribution in [1.82, 2.24) is 15.3 Å². The molecule has 0 radical (unpaired) electrons. The number of thiophene rings is 1. The highest BCUT2D eigenvalue weighted by Gasteiger charge is 2.35. The van der Waals surface area contributed by atoms with Gasteiger partial charge in [0.15, 0.2) is 0 Å². The number of aromatic nitrogens is 2. The van der Waals surface area contributed by atoms with Crippen LogP contribution in [0.5, 0.6) is 0 Å². The number of anilines is 2. The van der Waals surface area contributed by atoms with E-state index in [2.05, 4.69) is 34.4 Å². The van der Waals surface area contributed by atoms with Gasteiger partial charge < -0.3 is 15.0 Å². The molecule has 3 heterocycles. The van der Waals surface area contributed by atoms with Crippen molar-refractivity contribution in [3.05, 3.63) is 35.0 Å². The predicted molar refractivity (Wildman–Crippen MR) is 106 cm³/mol. The van der Waals surface area contributed by atoms with Crippen LogP contribution in [0.2, 0.25) is 0 Å². The normalized spacial score (nSPS) is 21.4. The zero-order valence-electron chi connectivity index (χ0n) is 15.7. The number of hydrogen-bond acceptors (Lipinski definition) is 6. The Balaban J connectivity index is 1.54. The molecule has 2 aromatic heterocycles. The van der Waals surface area contributed by atoms with Crippen molar-refractivity contribution in [3.8, 4) is 0 Å². The molecular formula is C19H25N5O2S. The minimum atomic E-state index is -0.191. The lowest BCUT2D eigenvalue weighted by molar-refractivity contribution is 0.122. The average molecular weight is 388 g/mol. The highest BCUT2D eigenvalue weighted by Crippen LogP contribution is 2.40. The first-order valence-corrected chi connectivity index (χ1v) is 10.2. The van der Waals surface area contributed by atoms with E-state index in [-0.39, 0.29) is 17.5 Å². The zero-order chi connectivity index (χ0) is 18.9. The SMILES string of the molecule is CC1(C)Cc2nc(N3CCOCC3)ncc2[C@H](NC(=O)Nc2cccs2)C1. The van der Waals surface area contributed by atoms with Crippen LogP contribution in [0.25, 0.3) is 0 Å². The average Bonchev–Trinajstić information content (AvgIpc) is 3.14. The molecule has 7 nitrogen and oxygen atoms in total. The van der Waals surface area contributed by atoms with Gasteiger partial charge in [-0.15, -0.1) is 11.3 Å². The van der Waals surface area contributed by atoms with Crippen LogP contribution in [0, 0.1) is 5.41 Å². The number of morpholine rings is 1. The number of hydrogen-bond donors (Lipinski definition) is 2. The lowest BCUT2D eigenvalue weighted by Crippen LogP contribution is -2.40. The molecule has 2 aromatic rings. The fourth-order valence-electron chi connectivity index (χ4n) is 3.74. The lowest BCUT2D eigenvalue weighted by Gasteiger charge is -2.37. The fourth-order valence-corrected chi connectivity index (χ4v) is 4.35. The maximum Gasteiger partial charge on any atom is 0.320 e. The van der Waals surface area contributed by atoms with Crippen LogP contribution in [-0.4, -0.2) is 42.3 Å². The van der Waals surface area contributed by atoms with Gasteiger partial charge >= 0.3 is 6.03 Å². The van der Waals surface area contributed by atoms with Crippen LogP contribution in [0.3, 0.4) is 0 Å². The van der Waals surface area contributed by atoms with Crippen molar-refractivity contribution in [3.63, 3.8) is 0 Å². The van der Waals surface area contributed by atoms with Crippen LogP contribution < -0.4 is 15.5 Å². The summed E-state index contributed by atoms with van der Waals surface area (Å²) < 4.78 is 5.42. The standard InChI is InChI=1S/C19H25N5O2S/c1-19(2)10-14-13(12-20-17(21-14)24-5-7-26-8-6-24)15(11-19)22-18(25)23-16-4-3-9-27-16/h3-4,9,12,15H,5-8,10-11H2,1-2H3,(H2,22,23,25)/t15-/m1/s1. The van der Waals surface area contributed by atoms with Gasteiger partial charge in [0, 0.05) is 24.8 Å². The van der Waals surface area contributed by atoms with E-state index >= 15 is 0 Å². The molecule has 0 saturated carbocycles. The van der Waals surface area contributed by atoms with Crippen molar-refractivity contribution in [2.45, 2.75) is 32.7 Å². The summed E-state index contributed by atoms with van der Waals surface area (Å²) in [7, 11) is 0. The van der Waals surface area contributed by atoms with Crippen LogP contribution in [-0.2, 0) is 11.2 Å². The van der Waals surface area contributed by atoms with E-state index in [0.29, 0.717) is 13.2 Å². The topological polar surface area (TPSA) is 79.4 Å². The lowest BCUT2D eigenvalue weighted by atomic mass is 9.74. The summed E-state index contributed by atoms with van der Waals surface area (Å²) in [5.74, 6) is 0.761. The largest absolute Gasteiger partial charge is 0.378 e. The molecule has 1 aliphatic heterocycles. The van der Waals surface area contributed by atoms with Crippen molar-refractivity contribution < 1.29 is 9.53 Å². The number of nitrogens with zero attached hydrogens (tertiary/aromatic N) is 3. The minimum Gasteiger partial charge on any atom is -0.378 e. The van der Waals surface area contributed by atoms with Gasteiger partial charge in [0.2, 0.25) is 5.95 Å². The Kier molecular flexibility index (Phi) is 5.01. The Bertz CT molecular complexity index is 802. The molecule has 1 aliphatic carbocycles. The Morgan fingerprint density at radius 2 is 2.19 bits per heavy atom. The van der Waals surface area contributed by atoms with Gasteiger partial charge in [-0.25, -0.2) is 14.8 Å². The third kappa shape index (κ3) is 4.22. The van der Waals surface area contributed by atoms with Gasteiger partial charge in [-0.05, 0) is 35.8 Å². The van der Waals surface area contributed by atoms with Crippen LogP contribution >= 0.6 is 11.3 Å². The summed E-state index contributed by atoms with van der Waals surface area (Å²) >= 11 is 1.50. The third-order valence-corrected chi connectivity index (χ3v) is 5.81. The quantitative estimate of drug-likeness (QED) is 0.845.